The van der Waals surface area contributed by atoms with Gasteiger partial charge in [0.2, 0.25) is 0 Å². The van der Waals surface area contributed by atoms with Crippen LogP contribution < -0.4 is 22.9 Å². The van der Waals surface area contributed by atoms with Crippen LogP contribution in [0.4, 0.5) is 22.7 Å². The molecule has 12 nitrogen and oxygen atoms in total. The van der Waals surface area contributed by atoms with Gasteiger partial charge >= 0.3 is 266 Å². The first-order valence-corrected chi connectivity index (χ1v) is 18.2. The van der Waals surface area contributed by atoms with Gasteiger partial charge in [-0.2, -0.15) is 0 Å². The van der Waals surface area contributed by atoms with Crippen LogP contribution in [0, 0.1) is 27.7 Å². The number of hydrogen-bond acceptors (Lipinski definition) is 12. The summed E-state index contributed by atoms with van der Waals surface area (Å²) >= 11 is -6.48. The van der Waals surface area contributed by atoms with E-state index < -0.39 is 43.9 Å². The second-order valence-corrected chi connectivity index (χ2v) is 15.5. The van der Waals surface area contributed by atoms with E-state index in [2.05, 4.69) is 0 Å². The van der Waals surface area contributed by atoms with Crippen molar-refractivity contribution in [2.24, 2.45) is 0 Å². The van der Waals surface area contributed by atoms with E-state index >= 15 is 0 Å². The number of rotatable bonds is 8. The summed E-state index contributed by atoms with van der Waals surface area (Å²) in [6.07, 6.45) is 0. The summed E-state index contributed by atoms with van der Waals surface area (Å²) in [5, 5.41) is 0. The van der Waals surface area contributed by atoms with E-state index in [0.717, 1.165) is 0 Å². The van der Waals surface area contributed by atoms with Gasteiger partial charge in [0.1, 0.15) is 0 Å². The molecule has 0 fully saturated rings. The number of nitrogens with two attached hydrogens (primary N) is 4. The van der Waals surface area contributed by atoms with Crippen LogP contribution in [0.25, 0.3) is 0 Å². The van der Waals surface area contributed by atoms with E-state index in [1.807, 2.05) is 0 Å². The minimum absolute atomic E-state index is 0.0269. The fourth-order valence-electron chi connectivity index (χ4n) is 4.03. The molecular formula is C32H32N4O8Sn. The van der Waals surface area contributed by atoms with E-state index in [4.69, 9.17) is 35.2 Å². The maximum absolute atomic E-state index is 13.5. The topological polar surface area (TPSA) is 209 Å². The summed E-state index contributed by atoms with van der Waals surface area (Å²) in [4.78, 5) is 54.2. The van der Waals surface area contributed by atoms with Gasteiger partial charge in [-0.3, -0.25) is 0 Å². The molecule has 0 radical (unpaired) electrons. The number of carbonyl (C=O) groups is 4. The summed E-state index contributed by atoms with van der Waals surface area (Å²) < 4.78 is 22.7. The molecule has 0 aromatic heterocycles. The molecule has 0 spiro atoms. The number of anilines is 4. The van der Waals surface area contributed by atoms with Crippen molar-refractivity contribution in [3.63, 3.8) is 0 Å². The fourth-order valence-corrected chi connectivity index (χ4v) is 8.68. The SMILES string of the molecule is Cc1cc(C(=O)[O][Sn]([O]C(=O)c2ccc(N)c(C)c2)([O]C(=O)c2ccc(N)c(C)c2)[O]C(=O)c2ccc(N)c(C)c2)ccc1N. The summed E-state index contributed by atoms with van der Waals surface area (Å²) in [6, 6.07) is 17.0. The minimum atomic E-state index is -6.48. The van der Waals surface area contributed by atoms with E-state index in [9.17, 15) is 19.2 Å². The molecule has 8 N–H and O–H groups in total. The van der Waals surface area contributed by atoms with Gasteiger partial charge in [0.25, 0.3) is 0 Å². The van der Waals surface area contributed by atoms with Crippen LogP contribution >= 0.6 is 0 Å². The molecule has 0 heterocycles. The molecular weight excluding hydrogens is 687 g/mol. The predicted molar refractivity (Wildman–Crippen MR) is 170 cm³/mol. The average molecular weight is 719 g/mol. The van der Waals surface area contributed by atoms with Gasteiger partial charge in [-0.25, -0.2) is 0 Å². The molecule has 0 unspecified atom stereocenters. The number of benzene rings is 4. The molecule has 0 bridgehead atoms. The molecule has 0 saturated heterocycles. The first-order valence-electron chi connectivity index (χ1n) is 13.6. The summed E-state index contributed by atoms with van der Waals surface area (Å²) in [5.74, 6) is -4.34. The number of carbonyl (C=O) groups excluding carboxylic acids is 4. The van der Waals surface area contributed by atoms with Crippen LogP contribution in [0.1, 0.15) is 63.7 Å². The summed E-state index contributed by atoms with van der Waals surface area (Å²) in [5.41, 5.74) is 27.3. The van der Waals surface area contributed by atoms with Crippen molar-refractivity contribution in [1.29, 1.82) is 0 Å². The molecule has 4 aromatic carbocycles. The zero-order valence-corrected chi connectivity index (χ0v) is 27.9. The van der Waals surface area contributed by atoms with Crippen molar-refractivity contribution < 1.29 is 31.5 Å². The standard InChI is InChI=1S/4C8H9NO2.Sn/c4*1-5-4-6(8(10)11)2-3-7(5)9;/h4*2-4H,9H2,1H3,(H,10,11);/q;;;;+4/p-4. The molecule has 0 aliphatic heterocycles. The molecule has 232 valence electrons. The molecule has 4 aromatic rings. The molecule has 13 heteroatoms. The fraction of sp³-hybridized carbons (Fsp3) is 0.125. The molecule has 0 amide bonds. The van der Waals surface area contributed by atoms with Crippen LogP contribution in [0.5, 0.6) is 0 Å². The van der Waals surface area contributed by atoms with Crippen LogP contribution in [0.15, 0.2) is 72.8 Å². The molecule has 0 atom stereocenters. The van der Waals surface area contributed by atoms with Gasteiger partial charge in [-0.15, -0.1) is 0 Å². The molecule has 4 rings (SSSR count). The zero-order chi connectivity index (χ0) is 33.1. The maximum atomic E-state index is 13.5. The molecule has 0 saturated carbocycles. The third kappa shape index (κ3) is 7.65. The Balaban J connectivity index is 1.84. The van der Waals surface area contributed by atoms with Gasteiger partial charge in [-0.05, 0) is 0 Å². The van der Waals surface area contributed by atoms with Crippen LogP contribution in [-0.4, -0.2) is 43.9 Å². The third-order valence-corrected chi connectivity index (χ3v) is 11.9. The average Bonchev–Trinajstić information content (AvgIpc) is 2.98. The number of aryl methyl sites for hydroxylation is 4. The van der Waals surface area contributed by atoms with Gasteiger partial charge in [-0.1, -0.05) is 0 Å². The van der Waals surface area contributed by atoms with Crippen molar-refractivity contribution in [3.05, 3.63) is 117 Å². The second-order valence-electron chi connectivity index (χ2n) is 10.3. The Labute approximate surface area is 265 Å². The third-order valence-electron chi connectivity index (χ3n) is 6.89. The van der Waals surface area contributed by atoms with Crippen molar-refractivity contribution in [2.45, 2.75) is 27.7 Å². The van der Waals surface area contributed by atoms with E-state index in [1.54, 1.807) is 27.7 Å². The molecule has 0 aliphatic carbocycles. The molecule has 0 aliphatic rings. The normalized spacial score (nSPS) is 10.9. The van der Waals surface area contributed by atoms with Gasteiger partial charge in [0.05, 0.1) is 0 Å². The monoisotopic (exact) mass is 720 g/mol. The van der Waals surface area contributed by atoms with Crippen LogP contribution in [0.3, 0.4) is 0 Å². The summed E-state index contributed by atoms with van der Waals surface area (Å²) in [6.45, 7) is 6.66. The van der Waals surface area contributed by atoms with E-state index in [-0.39, 0.29) is 22.3 Å². The predicted octanol–water partition coefficient (Wildman–Crippen LogP) is 4.41. The van der Waals surface area contributed by atoms with E-state index in [1.165, 1.54) is 72.8 Å². The van der Waals surface area contributed by atoms with Crippen LogP contribution in [-0.2, 0) is 12.3 Å². The zero-order valence-electron chi connectivity index (χ0n) is 25.0. The first-order chi connectivity index (χ1) is 21.2. The first kappa shape index (κ1) is 32.7. The van der Waals surface area contributed by atoms with Gasteiger partial charge < -0.3 is 0 Å². The second kappa shape index (κ2) is 13.2. The Kier molecular flexibility index (Phi) is 9.57. The Morgan fingerprint density at radius 1 is 0.422 bits per heavy atom. The number of hydrogen-bond donors (Lipinski definition) is 4. The Bertz CT molecular complexity index is 1570. The summed E-state index contributed by atoms with van der Waals surface area (Å²) in [7, 11) is 0. The Morgan fingerprint density at radius 2 is 0.622 bits per heavy atom. The molecule has 45 heavy (non-hydrogen) atoms. The van der Waals surface area contributed by atoms with Crippen molar-refractivity contribution in [1.82, 2.24) is 0 Å². The van der Waals surface area contributed by atoms with Crippen molar-refractivity contribution in [3.8, 4) is 0 Å². The van der Waals surface area contributed by atoms with Gasteiger partial charge in [0.15, 0.2) is 0 Å². The van der Waals surface area contributed by atoms with Crippen molar-refractivity contribution in [2.75, 3.05) is 22.9 Å². The van der Waals surface area contributed by atoms with Gasteiger partial charge in [0, 0.05) is 0 Å². The Morgan fingerprint density at radius 3 is 0.800 bits per heavy atom. The van der Waals surface area contributed by atoms with E-state index in [0.29, 0.717) is 45.0 Å². The quantitative estimate of drug-likeness (QED) is 0.147. The number of nitrogen functional groups attached to an aromatic ring is 4. The Hall–Kier alpha value is -5.24. The van der Waals surface area contributed by atoms with Crippen molar-refractivity contribution >= 4 is 66.7 Å². The van der Waals surface area contributed by atoms with Crippen LogP contribution in [0.2, 0.25) is 0 Å².